The third kappa shape index (κ3) is 3.61. The minimum Gasteiger partial charge on any atom is -0.342 e. The van der Waals surface area contributed by atoms with Crippen LogP contribution in [0.2, 0.25) is 0 Å². The molecule has 2 aromatic carbocycles. The lowest BCUT2D eigenvalue weighted by molar-refractivity contribution is -0.134. The normalized spacial score (nSPS) is 21.0. The first-order valence-corrected chi connectivity index (χ1v) is 11.6. The van der Waals surface area contributed by atoms with Gasteiger partial charge < -0.3 is 9.47 Å². The molecule has 4 aromatic rings. The molecule has 0 spiro atoms. The summed E-state index contributed by atoms with van der Waals surface area (Å²) >= 11 is 0. The number of hydrogen-bond acceptors (Lipinski definition) is 3. The van der Waals surface area contributed by atoms with Crippen molar-refractivity contribution in [2.45, 2.75) is 31.5 Å². The maximum absolute atomic E-state index is 13.3. The van der Waals surface area contributed by atoms with E-state index in [9.17, 15) is 9.18 Å². The summed E-state index contributed by atoms with van der Waals surface area (Å²) in [5, 5.41) is 4.72. The first-order chi connectivity index (χ1) is 16.1. The van der Waals surface area contributed by atoms with Crippen LogP contribution >= 0.6 is 0 Å². The van der Waals surface area contributed by atoms with Crippen LogP contribution in [0.25, 0.3) is 33.4 Å². The van der Waals surface area contributed by atoms with E-state index in [0.29, 0.717) is 19.5 Å². The highest BCUT2D eigenvalue weighted by Gasteiger charge is 2.46. The minimum atomic E-state index is -0.931. The Morgan fingerprint density at radius 3 is 2.55 bits per heavy atom. The maximum Gasteiger partial charge on any atom is 0.228 e. The summed E-state index contributed by atoms with van der Waals surface area (Å²) in [7, 11) is 1.94. The van der Waals surface area contributed by atoms with Crippen molar-refractivity contribution in [3.05, 3.63) is 61.1 Å². The van der Waals surface area contributed by atoms with E-state index in [1.165, 1.54) is 0 Å². The van der Waals surface area contributed by atoms with Crippen LogP contribution in [0.5, 0.6) is 0 Å². The number of benzene rings is 2. The van der Waals surface area contributed by atoms with Crippen molar-refractivity contribution in [3.8, 4) is 22.4 Å². The molecule has 0 N–H and O–H groups in total. The highest BCUT2D eigenvalue weighted by atomic mass is 19.1. The van der Waals surface area contributed by atoms with Crippen LogP contribution in [-0.4, -0.2) is 49.4 Å². The van der Waals surface area contributed by atoms with Crippen LogP contribution in [0.15, 0.2) is 61.1 Å². The second-order valence-corrected chi connectivity index (χ2v) is 9.20. The Kier molecular flexibility index (Phi) is 4.78. The lowest BCUT2D eigenvalue weighted by Crippen LogP contribution is -2.40. The number of aromatic nitrogens is 4. The summed E-state index contributed by atoms with van der Waals surface area (Å²) in [6.07, 6.45) is 5.15. The highest BCUT2D eigenvalue weighted by molar-refractivity contribution is 5.87. The molecule has 2 atom stereocenters. The van der Waals surface area contributed by atoms with E-state index in [1.807, 2.05) is 41.2 Å². The van der Waals surface area contributed by atoms with Crippen molar-refractivity contribution in [1.82, 2.24) is 24.2 Å². The van der Waals surface area contributed by atoms with E-state index >= 15 is 0 Å². The average Bonchev–Trinajstić information content (AvgIpc) is 3.25. The Labute approximate surface area is 191 Å². The summed E-state index contributed by atoms with van der Waals surface area (Å²) in [5.41, 5.74) is 6.29. The number of piperidine rings is 1. The van der Waals surface area contributed by atoms with Crippen LogP contribution < -0.4 is 0 Å². The Morgan fingerprint density at radius 1 is 1.06 bits per heavy atom. The Morgan fingerprint density at radius 2 is 1.82 bits per heavy atom. The fourth-order valence-electron chi connectivity index (χ4n) is 5.01. The zero-order chi connectivity index (χ0) is 22.5. The van der Waals surface area contributed by atoms with Gasteiger partial charge in [0.25, 0.3) is 0 Å². The fraction of sp³-hybridized carbons (Fsp3) is 0.346. The summed E-state index contributed by atoms with van der Waals surface area (Å²) in [6, 6.07) is 16.9. The molecule has 33 heavy (non-hydrogen) atoms. The molecule has 1 saturated heterocycles. The van der Waals surface area contributed by atoms with Crippen LogP contribution in [0, 0.1) is 5.92 Å². The number of imidazole rings is 1. The zero-order valence-electron chi connectivity index (χ0n) is 18.6. The third-order valence-electron chi connectivity index (χ3n) is 6.96. The monoisotopic (exact) mass is 443 g/mol. The van der Waals surface area contributed by atoms with Crippen molar-refractivity contribution in [2.75, 3.05) is 13.1 Å². The molecule has 2 fully saturated rings. The van der Waals surface area contributed by atoms with Gasteiger partial charge in [-0.25, -0.2) is 9.37 Å². The van der Waals surface area contributed by atoms with Crippen LogP contribution in [0.1, 0.15) is 25.3 Å². The Hall–Kier alpha value is -3.48. The van der Waals surface area contributed by atoms with Gasteiger partial charge >= 0.3 is 0 Å². The molecule has 0 radical (unpaired) electrons. The molecular weight excluding hydrogens is 417 g/mol. The number of halogens is 1. The zero-order valence-corrected chi connectivity index (χ0v) is 18.6. The Balaban J connectivity index is 1.29. The van der Waals surface area contributed by atoms with Crippen molar-refractivity contribution in [3.63, 3.8) is 0 Å². The van der Waals surface area contributed by atoms with Gasteiger partial charge in [0, 0.05) is 43.5 Å². The minimum absolute atomic E-state index is 0.0104. The predicted molar refractivity (Wildman–Crippen MR) is 125 cm³/mol. The standard InChI is InChI=1S/C26H26FN5O/c1-30-15-21(25(29-30)17-5-3-2-4-6-17)18-7-8-23-24(13-18)32(16-28-23)19-9-11-31(12-10-19)26(33)20-14-22(20)27/h2-8,13,15-16,19-20,22H,9-12,14H2,1H3. The largest absolute Gasteiger partial charge is 0.342 e. The van der Waals surface area contributed by atoms with Crippen molar-refractivity contribution in [1.29, 1.82) is 0 Å². The number of likely N-dealkylation sites (tertiary alicyclic amines) is 1. The number of hydrogen-bond donors (Lipinski definition) is 0. The van der Waals surface area contributed by atoms with Gasteiger partial charge in [-0.1, -0.05) is 36.4 Å². The summed E-state index contributed by atoms with van der Waals surface area (Å²) in [5.74, 6) is -0.403. The number of carbonyl (C=O) groups is 1. The van der Waals surface area contributed by atoms with E-state index in [4.69, 9.17) is 5.10 Å². The number of rotatable bonds is 4. The smallest absolute Gasteiger partial charge is 0.228 e. The van der Waals surface area contributed by atoms with Crippen molar-refractivity contribution >= 4 is 16.9 Å². The fourth-order valence-corrected chi connectivity index (χ4v) is 5.01. The third-order valence-corrected chi connectivity index (χ3v) is 6.96. The number of amides is 1. The van der Waals surface area contributed by atoms with E-state index in [2.05, 4.69) is 46.1 Å². The number of nitrogens with zero attached hydrogens (tertiary/aromatic N) is 5. The number of fused-ring (bicyclic) bond motifs is 1. The molecule has 2 unspecified atom stereocenters. The van der Waals surface area contributed by atoms with Gasteiger partial charge in [0.05, 0.1) is 23.3 Å². The lowest BCUT2D eigenvalue weighted by atomic mass is 10.0. The number of carbonyl (C=O) groups excluding carboxylic acids is 1. The number of aryl methyl sites for hydroxylation is 1. The Bertz CT molecular complexity index is 1320. The van der Waals surface area contributed by atoms with Gasteiger partial charge in [0.1, 0.15) is 11.9 Å². The molecule has 168 valence electrons. The molecule has 3 heterocycles. The molecule has 1 aliphatic carbocycles. The summed E-state index contributed by atoms with van der Waals surface area (Å²) < 4.78 is 17.4. The summed E-state index contributed by atoms with van der Waals surface area (Å²) in [6.45, 7) is 1.35. The molecule has 2 aromatic heterocycles. The van der Waals surface area contributed by atoms with Crippen molar-refractivity contribution < 1.29 is 9.18 Å². The van der Waals surface area contributed by atoms with Crippen molar-refractivity contribution in [2.24, 2.45) is 13.0 Å². The molecule has 2 aliphatic rings. The van der Waals surface area contributed by atoms with E-state index in [-0.39, 0.29) is 11.9 Å². The molecule has 1 aliphatic heterocycles. The van der Waals surface area contributed by atoms with Crippen LogP contribution in [0.3, 0.4) is 0 Å². The van der Waals surface area contributed by atoms with Crippen LogP contribution in [0.4, 0.5) is 4.39 Å². The van der Waals surface area contributed by atoms with E-state index in [0.717, 1.165) is 46.3 Å². The maximum atomic E-state index is 13.3. The van der Waals surface area contributed by atoms with E-state index < -0.39 is 12.1 Å². The van der Waals surface area contributed by atoms with Gasteiger partial charge in [0.15, 0.2) is 0 Å². The number of alkyl halides is 1. The molecule has 1 amide bonds. The van der Waals surface area contributed by atoms with E-state index in [1.54, 1.807) is 0 Å². The molecule has 0 bridgehead atoms. The SMILES string of the molecule is Cn1cc(-c2ccc3ncn(C4CCN(C(=O)C5CC5F)CC4)c3c2)c(-c2ccccc2)n1. The van der Waals surface area contributed by atoms with Gasteiger partial charge in [0.2, 0.25) is 5.91 Å². The van der Waals surface area contributed by atoms with Gasteiger partial charge in [-0.2, -0.15) is 5.10 Å². The van der Waals surface area contributed by atoms with Gasteiger partial charge in [-0.3, -0.25) is 9.48 Å². The molecule has 1 saturated carbocycles. The predicted octanol–water partition coefficient (Wildman–Crippen LogP) is 4.63. The van der Waals surface area contributed by atoms with Gasteiger partial charge in [-0.05, 0) is 37.0 Å². The second kappa shape index (κ2) is 7.83. The average molecular weight is 444 g/mol. The van der Waals surface area contributed by atoms with Gasteiger partial charge in [-0.15, -0.1) is 0 Å². The molecular formula is C26H26FN5O. The lowest BCUT2D eigenvalue weighted by Gasteiger charge is -2.33. The van der Waals surface area contributed by atoms with Crippen LogP contribution in [-0.2, 0) is 11.8 Å². The molecule has 6 nitrogen and oxygen atoms in total. The second-order valence-electron chi connectivity index (χ2n) is 9.20. The first kappa shape index (κ1) is 20.1. The quantitative estimate of drug-likeness (QED) is 0.462. The molecule has 7 heteroatoms. The summed E-state index contributed by atoms with van der Waals surface area (Å²) in [4.78, 5) is 18.9. The molecule has 6 rings (SSSR count). The highest BCUT2D eigenvalue weighted by Crippen LogP contribution is 2.37. The topological polar surface area (TPSA) is 56.0 Å². The first-order valence-electron chi connectivity index (χ1n) is 11.6.